The van der Waals surface area contributed by atoms with Crippen LogP contribution in [0, 0.1) is 0 Å². The van der Waals surface area contributed by atoms with E-state index in [2.05, 4.69) is 5.32 Å². The summed E-state index contributed by atoms with van der Waals surface area (Å²) in [6, 6.07) is 12.9. The van der Waals surface area contributed by atoms with Crippen molar-refractivity contribution in [3.05, 3.63) is 69.7 Å². The van der Waals surface area contributed by atoms with Crippen LogP contribution in [-0.2, 0) is 16.1 Å². The Morgan fingerprint density at radius 1 is 1.12 bits per heavy atom. The first-order valence-corrected chi connectivity index (χ1v) is 7.85. The number of carboxylic acid groups (broad SMARTS) is 1. The van der Waals surface area contributed by atoms with Crippen LogP contribution in [0.2, 0.25) is 10.0 Å². The van der Waals surface area contributed by atoms with Gasteiger partial charge in [-0.25, -0.2) is 4.79 Å². The predicted molar refractivity (Wildman–Crippen MR) is 91.2 cm³/mol. The number of amides is 1. The number of carbonyl (C=O) groups excluding carboxylic acids is 1. The van der Waals surface area contributed by atoms with Gasteiger partial charge in [-0.15, -0.1) is 0 Å². The molecule has 126 valence electrons. The van der Waals surface area contributed by atoms with Gasteiger partial charge in [0.1, 0.15) is 6.61 Å². The zero-order valence-corrected chi connectivity index (χ0v) is 14.1. The molecule has 0 aliphatic heterocycles. The zero-order chi connectivity index (χ0) is 17.5. The van der Waals surface area contributed by atoms with Gasteiger partial charge in [0.15, 0.2) is 0 Å². The van der Waals surface area contributed by atoms with Gasteiger partial charge in [-0.3, -0.25) is 4.79 Å². The molecule has 2 aromatic rings. The van der Waals surface area contributed by atoms with E-state index in [0.717, 1.165) is 5.56 Å². The average Bonchev–Trinajstić information content (AvgIpc) is 2.55. The maximum absolute atomic E-state index is 12.0. The molecule has 2 N–H and O–H groups in total. The summed E-state index contributed by atoms with van der Waals surface area (Å²) in [5, 5.41) is 12.3. The van der Waals surface area contributed by atoms with Crippen LogP contribution in [0.25, 0.3) is 0 Å². The minimum absolute atomic E-state index is 0.0791. The molecule has 0 fully saturated rings. The molecule has 2 aromatic carbocycles. The van der Waals surface area contributed by atoms with Gasteiger partial charge in [-0.1, -0.05) is 53.5 Å². The van der Waals surface area contributed by atoms with Crippen LogP contribution in [0.1, 0.15) is 23.6 Å². The van der Waals surface area contributed by atoms with Crippen LogP contribution in [0.5, 0.6) is 0 Å². The monoisotopic (exact) mass is 367 g/mol. The number of carbonyl (C=O) groups is 2. The van der Waals surface area contributed by atoms with Crippen LogP contribution in [0.3, 0.4) is 0 Å². The maximum Gasteiger partial charge on any atom is 0.407 e. The fraction of sp³-hybridized carbons (Fsp3) is 0.176. The summed E-state index contributed by atoms with van der Waals surface area (Å²) in [6.07, 6.45) is -1.08. The summed E-state index contributed by atoms with van der Waals surface area (Å²) in [6.45, 7) is 0.0791. The molecule has 1 atom stereocenters. The molecule has 0 aliphatic carbocycles. The van der Waals surface area contributed by atoms with E-state index in [1.807, 2.05) is 30.3 Å². The second-order valence-electron chi connectivity index (χ2n) is 5.02. The molecule has 0 aliphatic rings. The van der Waals surface area contributed by atoms with Gasteiger partial charge in [0.2, 0.25) is 0 Å². The SMILES string of the molecule is O=C(O)C[C@H](NC(=O)OCc1ccccc1)c1cc(Cl)ccc1Cl. The quantitative estimate of drug-likeness (QED) is 0.791. The highest BCUT2D eigenvalue weighted by Gasteiger charge is 2.21. The van der Waals surface area contributed by atoms with E-state index in [1.165, 1.54) is 6.07 Å². The molecule has 0 unspecified atom stereocenters. The lowest BCUT2D eigenvalue weighted by Crippen LogP contribution is -2.30. The van der Waals surface area contributed by atoms with E-state index in [1.54, 1.807) is 12.1 Å². The van der Waals surface area contributed by atoms with Gasteiger partial charge in [0.05, 0.1) is 12.5 Å². The number of hydrogen-bond donors (Lipinski definition) is 2. The van der Waals surface area contributed by atoms with Crippen molar-refractivity contribution in [2.45, 2.75) is 19.1 Å². The summed E-state index contributed by atoms with van der Waals surface area (Å²) in [7, 11) is 0. The van der Waals surface area contributed by atoms with Crippen molar-refractivity contribution in [2.75, 3.05) is 0 Å². The summed E-state index contributed by atoms with van der Waals surface area (Å²) in [5.41, 5.74) is 1.24. The molecule has 5 nitrogen and oxygen atoms in total. The number of benzene rings is 2. The first kappa shape index (κ1) is 18.1. The molecule has 0 radical (unpaired) electrons. The third-order valence-corrected chi connectivity index (χ3v) is 3.80. The summed E-state index contributed by atoms with van der Waals surface area (Å²) in [4.78, 5) is 23.0. The molecule has 0 bridgehead atoms. The van der Waals surface area contributed by atoms with Gasteiger partial charge < -0.3 is 15.2 Å². The highest BCUT2D eigenvalue weighted by Crippen LogP contribution is 2.28. The summed E-state index contributed by atoms with van der Waals surface area (Å²) in [5.74, 6) is -1.08. The lowest BCUT2D eigenvalue weighted by Gasteiger charge is -2.19. The number of alkyl carbamates (subject to hydrolysis) is 1. The van der Waals surface area contributed by atoms with Crippen molar-refractivity contribution in [3.8, 4) is 0 Å². The Morgan fingerprint density at radius 2 is 1.83 bits per heavy atom. The van der Waals surface area contributed by atoms with Crippen LogP contribution in [0.4, 0.5) is 4.79 Å². The van der Waals surface area contributed by atoms with Gasteiger partial charge in [0.25, 0.3) is 0 Å². The van der Waals surface area contributed by atoms with Gasteiger partial charge >= 0.3 is 12.1 Å². The van der Waals surface area contributed by atoms with Gasteiger partial charge in [-0.05, 0) is 29.3 Å². The van der Waals surface area contributed by atoms with E-state index in [0.29, 0.717) is 15.6 Å². The van der Waals surface area contributed by atoms with Crippen molar-refractivity contribution in [3.63, 3.8) is 0 Å². The highest BCUT2D eigenvalue weighted by atomic mass is 35.5. The van der Waals surface area contributed by atoms with Crippen molar-refractivity contribution < 1.29 is 19.4 Å². The summed E-state index contributed by atoms with van der Waals surface area (Å²) >= 11 is 12.0. The topological polar surface area (TPSA) is 75.6 Å². The number of halogens is 2. The third kappa shape index (κ3) is 5.44. The van der Waals surface area contributed by atoms with Crippen molar-refractivity contribution in [1.82, 2.24) is 5.32 Å². The molecule has 0 saturated carbocycles. The molecular formula is C17H15Cl2NO4. The Labute approximate surface area is 149 Å². The first-order chi connectivity index (χ1) is 11.5. The Morgan fingerprint density at radius 3 is 2.50 bits per heavy atom. The van der Waals surface area contributed by atoms with Crippen LogP contribution >= 0.6 is 23.2 Å². The van der Waals surface area contributed by atoms with Crippen LogP contribution < -0.4 is 5.32 Å². The maximum atomic E-state index is 12.0. The van der Waals surface area contributed by atoms with E-state index in [4.69, 9.17) is 33.0 Å². The standard InChI is InChI=1S/C17H15Cl2NO4/c18-12-6-7-14(19)13(8-12)15(9-16(21)22)20-17(23)24-10-11-4-2-1-3-5-11/h1-8,15H,9-10H2,(H,20,23)(H,21,22)/t15-/m0/s1. The molecular weight excluding hydrogens is 353 g/mol. The minimum Gasteiger partial charge on any atom is -0.481 e. The second-order valence-corrected chi connectivity index (χ2v) is 5.87. The fourth-order valence-electron chi connectivity index (χ4n) is 2.10. The van der Waals surface area contributed by atoms with Crippen molar-refractivity contribution in [1.29, 1.82) is 0 Å². The fourth-order valence-corrected chi connectivity index (χ4v) is 2.53. The Kier molecular flexibility index (Phi) is 6.46. The van der Waals surface area contributed by atoms with Crippen molar-refractivity contribution >= 4 is 35.3 Å². The molecule has 0 aromatic heterocycles. The number of rotatable bonds is 6. The van der Waals surface area contributed by atoms with Crippen LogP contribution in [-0.4, -0.2) is 17.2 Å². The smallest absolute Gasteiger partial charge is 0.407 e. The predicted octanol–water partition coefficient (Wildman–Crippen LogP) is 4.44. The molecule has 2 rings (SSSR count). The Balaban J connectivity index is 2.06. The number of carboxylic acids is 1. The molecule has 0 saturated heterocycles. The zero-order valence-electron chi connectivity index (χ0n) is 12.5. The highest BCUT2D eigenvalue weighted by molar-refractivity contribution is 6.33. The average molecular weight is 368 g/mol. The third-order valence-electron chi connectivity index (χ3n) is 3.22. The van der Waals surface area contributed by atoms with E-state index < -0.39 is 18.1 Å². The lowest BCUT2D eigenvalue weighted by atomic mass is 10.0. The van der Waals surface area contributed by atoms with Crippen LogP contribution in [0.15, 0.2) is 48.5 Å². The molecule has 1 amide bonds. The number of ether oxygens (including phenoxy) is 1. The molecule has 24 heavy (non-hydrogen) atoms. The second kappa shape index (κ2) is 8.57. The Hall–Kier alpha value is -2.24. The van der Waals surface area contributed by atoms with E-state index >= 15 is 0 Å². The van der Waals surface area contributed by atoms with Gasteiger partial charge in [0, 0.05) is 10.0 Å². The molecule has 0 heterocycles. The van der Waals surface area contributed by atoms with E-state index in [-0.39, 0.29) is 13.0 Å². The minimum atomic E-state index is -1.08. The molecule has 7 heteroatoms. The lowest BCUT2D eigenvalue weighted by molar-refractivity contribution is -0.137. The van der Waals surface area contributed by atoms with E-state index in [9.17, 15) is 9.59 Å². The largest absolute Gasteiger partial charge is 0.481 e. The summed E-state index contributed by atoms with van der Waals surface area (Å²) < 4.78 is 5.11. The van der Waals surface area contributed by atoms with Crippen molar-refractivity contribution in [2.24, 2.45) is 0 Å². The number of nitrogens with one attached hydrogen (secondary N) is 1. The number of aliphatic carboxylic acids is 1. The Bertz CT molecular complexity index is 722. The number of hydrogen-bond acceptors (Lipinski definition) is 3. The normalized spacial score (nSPS) is 11.6. The first-order valence-electron chi connectivity index (χ1n) is 7.09. The molecule has 0 spiro atoms. The van der Waals surface area contributed by atoms with Gasteiger partial charge in [-0.2, -0.15) is 0 Å².